The first-order valence-electron chi connectivity index (χ1n) is 26.2. The largest absolute Gasteiger partial charge is 0.385 e. The van der Waals surface area contributed by atoms with Crippen LogP contribution in [0.25, 0.3) is 32.9 Å². The van der Waals surface area contributed by atoms with Crippen LogP contribution >= 0.6 is 15.9 Å². The maximum atomic E-state index is 13.2. The van der Waals surface area contributed by atoms with Gasteiger partial charge in [-0.05, 0) is 126 Å². The second kappa shape index (κ2) is 28.1. The zero-order valence-electron chi connectivity index (χ0n) is 42.4. The van der Waals surface area contributed by atoms with Crippen molar-refractivity contribution in [2.45, 2.75) is 97.8 Å². The van der Waals surface area contributed by atoms with E-state index in [0.29, 0.717) is 11.6 Å². The summed E-state index contributed by atoms with van der Waals surface area (Å²) in [5.74, 6) is 0.843. The number of hydrogen-bond donors (Lipinski definition) is 4. The first-order chi connectivity index (χ1) is 35.8. The van der Waals surface area contributed by atoms with E-state index in [9.17, 15) is 9.59 Å². The van der Waals surface area contributed by atoms with Crippen LogP contribution in [-0.4, -0.2) is 80.3 Å². The smallest absolute Gasteiger partial charge is 0.297 e. The number of unbranched alkanes of at least 4 members (excludes halogenated alkanes) is 2. The Balaban J connectivity index is 0.000000197. The van der Waals surface area contributed by atoms with Crippen molar-refractivity contribution in [3.63, 3.8) is 0 Å². The molecule has 2 aliphatic rings. The number of anilines is 3. The normalized spacial score (nSPS) is 14.3. The molecule has 4 heterocycles. The zero-order valence-corrected chi connectivity index (χ0v) is 44.0. The molecule has 0 amide bonds. The van der Waals surface area contributed by atoms with Crippen molar-refractivity contribution >= 4 is 54.8 Å². The highest BCUT2D eigenvalue weighted by Gasteiger charge is 2.23. The van der Waals surface area contributed by atoms with E-state index in [1.165, 1.54) is 45.5 Å². The van der Waals surface area contributed by atoms with Crippen molar-refractivity contribution in [2.75, 3.05) is 55.2 Å². The van der Waals surface area contributed by atoms with E-state index in [1.54, 1.807) is 33.9 Å². The molecule has 0 bridgehead atoms. The van der Waals surface area contributed by atoms with Crippen LogP contribution in [-0.2, 0) is 13.1 Å². The van der Waals surface area contributed by atoms with Crippen molar-refractivity contribution in [1.29, 1.82) is 0 Å². The third-order valence-corrected chi connectivity index (χ3v) is 14.1. The molecule has 12 nitrogen and oxygen atoms in total. The number of benzene rings is 6. The number of aromatic nitrogens is 4. The molecule has 13 heteroatoms. The van der Waals surface area contributed by atoms with Gasteiger partial charge in [0.25, 0.3) is 11.1 Å². The molecule has 0 atom stereocenters. The van der Waals surface area contributed by atoms with Crippen molar-refractivity contribution in [2.24, 2.45) is 5.73 Å². The molecule has 5 N–H and O–H groups in total. The van der Waals surface area contributed by atoms with Crippen LogP contribution < -0.4 is 32.8 Å². The van der Waals surface area contributed by atoms with Gasteiger partial charge in [-0.2, -0.15) is 0 Å². The minimum absolute atomic E-state index is 0. The number of rotatable bonds is 16. The van der Waals surface area contributed by atoms with Gasteiger partial charge in [-0.3, -0.25) is 28.5 Å². The summed E-state index contributed by atoms with van der Waals surface area (Å²) in [6.45, 7) is 12.0. The van der Waals surface area contributed by atoms with Crippen LogP contribution in [0.15, 0.2) is 172 Å². The molecule has 2 aromatic heterocycles. The molecule has 2 aliphatic heterocycles. The van der Waals surface area contributed by atoms with Gasteiger partial charge in [-0.25, -0.2) is 9.97 Å². The van der Waals surface area contributed by atoms with Crippen LogP contribution in [0.5, 0.6) is 0 Å². The first kappa shape index (κ1) is 55.1. The Bertz CT molecular complexity index is 3120. The van der Waals surface area contributed by atoms with Gasteiger partial charge in [0.05, 0.1) is 5.69 Å². The maximum Gasteiger partial charge on any atom is 0.297 e. The lowest BCUT2D eigenvalue weighted by atomic mass is 10.0. The summed E-state index contributed by atoms with van der Waals surface area (Å²) in [6.07, 6.45) is 15.4. The molecule has 0 saturated carbocycles. The number of hydrogen-bond acceptors (Lipinski definition) is 10. The second-order valence-corrected chi connectivity index (χ2v) is 20.0. The predicted molar refractivity (Wildman–Crippen MR) is 313 cm³/mol. The summed E-state index contributed by atoms with van der Waals surface area (Å²) in [5, 5.41) is 15.4. The number of fused-ring (bicyclic) bond motifs is 2. The fraction of sp³-hybridized carbons (Fsp3) is 0.344. The predicted octanol–water partition coefficient (Wildman–Crippen LogP) is 12.3. The van der Waals surface area contributed by atoms with Gasteiger partial charge >= 0.3 is 0 Å². The second-order valence-electron chi connectivity index (χ2n) is 19.1. The fourth-order valence-electron chi connectivity index (χ4n) is 9.48. The molecule has 74 heavy (non-hydrogen) atoms. The Kier molecular flexibility index (Phi) is 21.0. The molecule has 2 saturated heterocycles. The summed E-state index contributed by atoms with van der Waals surface area (Å²) in [5.41, 5.74) is 10.3. The molecular formula is C61H75BrN10O2. The lowest BCUT2D eigenvalue weighted by molar-refractivity contribution is 0.211. The number of piperidine rings is 2. The number of halogens is 1. The molecule has 0 unspecified atom stereocenters. The third-order valence-electron chi connectivity index (χ3n) is 13.6. The number of nitrogens with zero attached hydrogens (tertiary/aromatic N) is 6. The summed E-state index contributed by atoms with van der Waals surface area (Å²) >= 11 is 3.47. The van der Waals surface area contributed by atoms with Gasteiger partial charge < -0.3 is 21.7 Å². The molecule has 0 aliphatic carbocycles. The Labute approximate surface area is 446 Å². The van der Waals surface area contributed by atoms with Gasteiger partial charge in [0.1, 0.15) is 0 Å². The molecule has 6 aromatic carbocycles. The lowest BCUT2D eigenvalue weighted by Crippen LogP contribution is -2.40. The lowest BCUT2D eigenvalue weighted by Gasteiger charge is -2.32. The van der Waals surface area contributed by atoms with E-state index in [0.717, 1.165) is 112 Å². The topological polar surface area (TPSA) is 138 Å². The fourth-order valence-corrected chi connectivity index (χ4v) is 9.87. The zero-order chi connectivity index (χ0) is 50.8. The van der Waals surface area contributed by atoms with Gasteiger partial charge in [-0.1, -0.05) is 135 Å². The average Bonchev–Trinajstić information content (AvgIpc) is 3.42. The van der Waals surface area contributed by atoms with Crippen molar-refractivity contribution < 1.29 is 0 Å². The van der Waals surface area contributed by atoms with Crippen LogP contribution in [0.3, 0.4) is 0 Å². The van der Waals surface area contributed by atoms with Gasteiger partial charge in [0.15, 0.2) is 11.6 Å². The average molecular weight is 1060 g/mol. The highest BCUT2D eigenvalue weighted by atomic mass is 79.9. The molecule has 388 valence electrons. The summed E-state index contributed by atoms with van der Waals surface area (Å²) < 4.78 is 4.25. The van der Waals surface area contributed by atoms with E-state index >= 15 is 0 Å². The van der Waals surface area contributed by atoms with E-state index in [4.69, 9.17) is 5.73 Å². The van der Waals surface area contributed by atoms with Crippen LogP contribution in [0.4, 0.5) is 17.3 Å². The Morgan fingerprint density at radius 1 is 0.568 bits per heavy atom. The SMILES string of the molecule is C.CCCCN.CCCCNc1cccc(-n2ccnc(NC3CCN(Cc4ccc5ccccc5c4)CC3)c2=O)c1.O=c1c(NC2CCN(Cc3ccc4ccccc4c3)CC2)nccn1-c1cccc(Br)c1. The molecular weight excluding hydrogens is 985 g/mol. The molecule has 0 radical (unpaired) electrons. The van der Waals surface area contributed by atoms with Crippen molar-refractivity contribution in [3.8, 4) is 11.4 Å². The third kappa shape index (κ3) is 15.5. The van der Waals surface area contributed by atoms with Gasteiger partial charge in [0, 0.05) is 98.5 Å². The highest BCUT2D eigenvalue weighted by molar-refractivity contribution is 9.10. The van der Waals surface area contributed by atoms with Crippen LogP contribution in [0.1, 0.15) is 83.8 Å². The van der Waals surface area contributed by atoms with E-state index in [2.05, 4.69) is 150 Å². The minimum Gasteiger partial charge on any atom is -0.385 e. The Morgan fingerprint density at radius 3 is 1.50 bits per heavy atom. The maximum absolute atomic E-state index is 13.2. The summed E-state index contributed by atoms with van der Waals surface area (Å²) in [6, 6.07) is 46.7. The number of likely N-dealkylation sites (tertiary alicyclic amines) is 2. The quantitative estimate of drug-likeness (QED) is 0.0692. The Morgan fingerprint density at radius 2 is 1.04 bits per heavy atom. The minimum atomic E-state index is -0.121. The molecule has 10 rings (SSSR count). The van der Waals surface area contributed by atoms with E-state index in [1.807, 2.05) is 48.5 Å². The monoisotopic (exact) mass is 1060 g/mol. The van der Waals surface area contributed by atoms with E-state index < -0.39 is 0 Å². The van der Waals surface area contributed by atoms with Crippen molar-refractivity contribution in [3.05, 3.63) is 195 Å². The number of nitrogens with two attached hydrogens (primary N) is 1. The van der Waals surface area contributed by atoms with Crippen molar-refractivity contribution in [1.82, 2.24) is 28.9 Å². The standard InChI is InChI=1S/C30H35N5O.C26H25BrN4O.C4H11N.CH4/c1-2-3-15-31-27-9-6-10-28(21-27)35-19-16-32-29(30(35)36)33-26-13-17-34(18-14-26)22-23-11-12-24-7-4-5-8-25(24)20-23;27-22-6-3-7-24(17-22)31-15-12-28-25(26(31)32)29-23-10-13-30(14-11-23)18-19-8-9-20-4-1-2-5-21(20)16-19;1-2-3-4-5;/h4-12,16,19-21,26,31H,2-3,13-15,17-18,22H2,1H3,(H,32,33);1-9,12,15-17,23H,10-11,13-14,18H2,(H,28,29);2-5H2,1H3;1H4. The van der Waals surface area contributed by atoms with Crippen LogP contribution in [0, 0.1) is 0 Å². The first-order valence-corrected chi connectivity index (χ1v) is 26.9. The van der Waals surface area contributed by atoms with Gasteiger partial charge in [0.2, 0.25) is 0 Å². The van der Waals surface area contributed by atoms with Crippen LogP contribution in [0.2, 0.25) is 0 Å². The highest BCUT2D eigenvalue weighted by Crippen LogP contribution is 2.23. The van der Waals surface area contributed by atoms with E-state index in [-0.39, 0.29) is 30.6 Å². The summed E-state index contributed by atoms with van der Waals surface area (Å²) in [7, 11) is 0. The molecule has 8 aromatic rings. The number of nitrogens with one attached hydrogen (secondary N) is 3. The van der Waals surface area contributed by atoms with Gasteiger partial charge in [-0.15, -0.1) is 0 Å². The summed E-state index contributed by atoms with van der Waals surface area (Å²) in [4.78, 5) is 39.9. The molecule has 2 fully saturated rings. The Hall–Kier alpha value is -6.64. The molecule has 0 spiro atoms.